The second-order valence-corrected chi connectivity index (χ2v) is 7.48. The maximum absolute atomic E-state index is 12.9. The van der Waals surface area contributed by atoms with Crippen LogP contribution in [0.2, 0.25) is 0 Å². The minimum atomic E-state index is -1.12. The van der Waals surface area contributed by atoms with Gasteiger partial charge < -0.3 is 24.1 Å². The fraction of sp³-hybridized carbons (Fsp3) is 0.360. The van der Waals surface area contributed by atoms with Gasteiger partial charge in [0.1, 0.15) is 28.8 Å². The van der Waals surface area contributed by atoms with Crippen LogP contribution in [0.15, 0.2) is 42.0 Å². The molecule has 0 atom stereocenters. The molecule has 0 aliphatic heterocycles. The van der Waals surface area contributed by atoms with E-state index in [1.807, 2.05) is 32.1 Å². The van der Waals surface area contributed by atoms with Crippen molar-refractivity contribution in [2.75, 3.05) is 27.9 Å². The summed E-state index contributed by atoms with van der Waals surface area (Å²) in [5.41, 5.74) is 3.11. The molecule has 0 heterocycles. The first kappa shape index (κ1) is 24.8. The molecule has 7 nitrogen and oxygen atoms in total. The molecule has 2 rings (SSSR count). The Morgan fingerprint density at radius 1 is 0.906 bits per heavy atom. The molecule has 0 bridgehead atoms. The van der Waals surface area contributed by atoms with E-state index in [2.05, 4.69) is 0 Å². The number of carbonyl (C=O) groups excluding carboxylic acids is 1. The maximum atomic E-state index is 12.9. The molecule has 0 saturated carbocycles. The number of hydrogen-bond acceptors (Lipinski definition) is 6. The Morgan fingerprint density at radius 3 is 2.06 bits per heavy atom. The number of rotatable bonds is 12. The van der Waals surface area contributed by atoms with Gasteiger partial charge in [0.15, 0.2) is 6.61 Å². The molecule has 1 N–H and O–H groups in total. The third-order valence-corrected chi connectivity index (χ3v) is 4.83. The topological polar surface area (TPSA) is 91.3 Å². The van der Waals surface area contributed by atoms with Crippen molar-refractivity contribution < 1.29 is 33.6 Å². The van der Waals surface area contributed by atoms with Crippen LogP contribution in [0.3, 0.4) is 0 Å². The van der Waals surface area contributed by atoms with E-state index in [0.29, 0.717) is 40.5 Å². The van der Waals surface area contributed by atoms with E-state index in [4.69, 9.17) is 18.9 Å². The van der Waals surface area contributed by atoms with E-state index in [1.54, 1.807) is 25.3 Å². The zero-order valence-corrected chi connectivity index (χ0v) is 19.2. The number of Topliss-reactive ketones (excluding diaryl/α,β-unsaturated/α-hetero) is 1. The third-order valence-electron chi connectivity index (χ3n) is 4.83. The van der Waals surface area contributed by atoms with Crippen LogP contribution < -0.4 is 18.9 Å². The molecule has 7 heteroatoms. The van der Waals surface area contributed by atoms with Gasteiger partial charge in [0.05, 0.1) is 21.3 Å². The first-order valence-electron chi connectivity index (χ1n) is 10.2. The van der Waals surface area contributed by atoms with Gasteiger partial charge in [-0.25, -0.2) is 4.79 Å². The normalized spacial score (nSPS) is 10.3. The van der Waals surface area contributed by atoms with Crippen LogP contribution in [0, 0.1) is 0 Å². The van der Waals surface area contributed by atoms with Gasteiger partial charge in [-0.15, -0.1) is 0 Å². The number of ketones is 1. The predicted molar refractivity (Wildman–Crippen MR) is 121 cm³/mol. The third kappa shape index (κ3) is 6.77. The molecule has 0 aromatic heterocycles. The lowest BCUT2D eigenvalue weighted by Crippen LogP contribution is -2.15. The number of carboxylic acid groups (broad SMARTS) is 1. The average Bonchev–Trinajstić information content (AvgIpc) is 2.76. The number of methoxy groups -OCH3 is 3. The monoisotopic (exact) mass is 442 g/mol. The van der Waals surface area contributed by atoms with Crippen molar-refractivity contribution in [3.63, 3.8) is 0 Å². The lowest BCUT2D eigenvalue weighted by atomic mass is 9.96. The highest BCUT2D eigenvalue weighted by molar-refractivity contribution is 5.85. The van der Waals surface area contributed by atoms with Crippen molar-refractivity contribution in [2.45, 2.75) is 33.1 Å². The molecule has 0 saturated heterocycles. The Kier molecular flexibility index (Phi) is 9.13. The van der Waals surface area contributed by atoms with Crippen LogP contribution in [0.25, 0.3) is 0 Å². The minimum Gasteiger partial charge on any atom is -0.497 e. The summed E-state index contributed by atoms with van der Waals surface area (Å²) in [6, 6.07) is 8.98. The summed E-state index contributed by atoms with van der Waals surface area (Å²) in [5.74, 6) is 0.760. The fourth-order valence-electron chi connectivity index (χ4n) is 3.27. The van der Waals surface area contributed by atoms with Crippen LogP contribution in [-0.4, -0.2) is 44.8 Å². The Bertz CT molecular complexity index is 971. The van der Waals surface area contributed by atoms with Crippen molar-refractivity contribution in [3.05, 3.63) is 58.7 Å². The maximum Gasteiger partial charge on any atom is 0.341 e. The van der Waals surface area contributed by atoms with Gasteiger partial charge in [-0.2, -0.15) is 0 Å². The van der Waals surface area contributed by atoms with Gasteiger partial charge >= 0.3 is 5.97 Å². The van der Waals surface area contributed by atoms with Gasteiger partial charge in [-0.1, -0.05) is 23.8 Å². The fourth-order valence-corrected chi connectivity index (χ4v) is 3.27. The van der Waals surface area contributed by atoms with Crippen molar-refractivity contribution in [3.8, 4) is 23.0 Å². The zero-order valence-electron chi connectivity index (χ0n) is 19.2. The SMILES string of the molecule is COc1ccc(CC(=O)Cc2c(OC)cc(OC)c(CC=C(C)C)c2OCC(=O)O)cc1. The molecule has 0 radical (unpaired) electrons. The minimum absolute atomic E-state index is 0.0238. The Balaban J connectivity index is 2.46. The van der Waals surface area contributed by atoms with E-state index in [-0.39, 0.29) is 18.6 Å². The second kappa shape index (κ2) is 11.8. The first-order chi connectivity index (χ1) is 15.3. The number of hydrogen-bond donors (Lipinski definition) is 1. The van der Waals surface area contributed by atoms with Crippen molar-refractivity contribution in [1.29, 1.82) is 0 Å². The molecule has 0 fully saturated rings. The van der Waals surface area contributed by atoms with Crippen LogP contribution >= 0.6 is 0 Å². The smallest absolute Gasteiger partial charge is 0.341 e. The number of carbonyl (C=O) groups is 2. The number of carboxylic acids is 1. The highest BCUT2D eigenvalue weighted by Gasteiger charge is 2.23. The van der Waals surface area contributed by atoms with Gasteiger partial charge in [0.2, 0.25) is 0 Å². The molecule has 0 aliphatic carbocycles. The number of benzene rings is 2. The van der Waals surface area contributed by atoms with E-state index in [0.717, 1.165) is 11.1 Å². The van der Waals surface area contributed by atoms with Crippen LogP contribution in [0.4, 0.5) is 0 Å². The molecule has 2 aromatic rings. The molecule has 32 heavy (non-hydrogen) atoms. The van der Waals surface area contributed by atoms with E-state index >= 15 is 0 Å². The summed E-state index contributed by atoms with van der Waals surface area (Å²) in [4.78, 5) is 24.1. The van der Waals surface area contributed by atoms with E-state index in [1.165, 1.54) is 14.2 Å². The van der Waals surface area contributed by atoms with Crippen molar-refractivity contribution in [2.24, 2.45) is 0 Å². The Morgan fingerprint density at radius 2 is 1.53 bits per heavy atom. The lowest BCUT2D eigenvalue weighted by Gasteiger charge is -2.20. The molecular formula is C25H30O7. The van der Waals surface area contributed by atoms with E-state index in [9.17, 15) is 14.7 Å². The summed E-state index contributed by atoms with van der Waals surface area (Å²) >= 11 is 0. The van der Waals surface area contributed by atoms with Crippen LogP contribution in [0.5, 0.6) is 23.0 Å². The standard InChI is InChI=1S/C25H30O7/c1-16(2)6-11-20-22(30-4)14-23(31-5)21(25(20)32-15-24(27)28)13-18(26)12-17-7-9-19(29-3)10-8-17/h6-10,14H,11-13,15H2,1-5H3,(H,27,28). The lowest BCUT2D eigenvalue weighted by molar-refractivity contribution is -0.139. The molecule has 0 unspecified atom stereocenters. The Hall–Kier alpha value is -3.48. The van der Waals surface area contributed by atoms with Crippen LogP contribution in [-0.2, 0) is 28.9 Å². The summed E-state index contributed by atoms with van der Waals surface area (Å²) in [6.45, 7) is 3.39. The summed E-state index contributed by atoms with van der Waals surface area (Å²) in [6.07, 6.45) is 2.68. The second-order valence-electron chi connectivity index (χ2n) is 7.48. The number of ether oxygens (including phenoxy) is 4. The number of allylic oxidation sites excluding steroid dienone is 2. The molecule has 0 amide bonds. The van der Waals surface area contributed by atoms with Gasteiger partial charge in [0.25, 0.3) is 0 Å². The average molecular weight is 443 g/mol. The summed E-state index contributed by atoms with van der Waals surface area (Å²) in [5, 5.41) is 9.17. The quantitative estimate of drug-likeness (QED) is 0.496. The van der Waals surface area contributed by atoms with Gasteiger partial charge in [0, 0.05) is 30.0 Å². The van der Waals surface area contributed by atoms with Gasteiger partial charge in [-0.05, 0) is 38.0 Å². The summed E-state index contributed by atoms with van der Waals surface area (Å²) < 4.78 is 21.8. The van der Waals surface area contributed by atoms with Crippen LogP contribution in [0.1, 0.15) is 30.5 Å². The largest absolute Gasteiger partial charge is 0.497 e. The highest BCUT2D eigenvalue weighted by atomic mass is 16.5. The molecular weight excluding hydrogens is 412 g/mol. The zero-order chi connectivity index (χ0) is 23.7. The van der Waals surface area contributed by atoms with Crippen molar-refractivity contribution >= 4 is 11.8 Å². The first-order valence-corrected chi connectivity index (χ1v) is 10.2. The molecule has 172 valence electrons. The van der Waals surface area contributed by atoms with Gasteiger partial charge in [-0.3, -0.25) is 4.79 Å². The van der Waals surface area contributed by atoms with Crippen molar-refractivity contribution in [1.82, 2.24) is 0 Å². The predicted octanol–water partition coefficient (Wildman–Crippen LogP) is 4.04. The highest BCUT2D eigenvalue weighted by Crippen LogP contribution is 2.40. The molecule has 0 spiro atoms. The molecule has 0 aliphatic rings. The van der Waals surface area contributed by atoms with E-state index < -0.39 is 12.6 Å². The number of aliphatic carboxylic acids is 1. The Labute approximate surface area is 188 Å². The summed E-state index contributed by atoms with van der Waals surface area (Å²) in [7, 11) is 4.60. The molecule has 2 aromatic carbocycles.